The Bertz CT molecular complexity index is 704. The SMILES string of the molecule is COc1ccc(NC(N)=NCCCOc2ccccc2C)cc1Cl. The van der Waals surface area contributed by atoms with Crippen LogP contribution in [0.1, 0.15) is 12.0 Å². The summed E-state index contributed by atoms with van der Waals surface area (Å²) in [6.07, 6.45) is 0.778. The van der Waals surface area contributed by atoms with E-state index in [9.17, 15) is 0 Å². The van der Waals surface area contributed by atoms with Crippen LogP contribution in [0.2, 0.25) is 5.02 Å². The highest BCUT2D eigenvalue weighted by Crippen LogP contribution is 2.27. The van der Waals surface area contributed by atoms with Crippen LogP contribution in [0.5, 0.6) is 11.5 Å². The van der Waals surface area contributed by atoms with Crippen molar-refractivity contribution in [2.24, 2.45) is 10.7 Å². The zero-order chi connectivity index (χ0) is 17.4. The average molecular weight is 348 g/mol. The number of ether oxygens (including phenoxy) is 2. The maximum atomic E-state index is 6.07. The lowest BCUT2D eigenvalue weighted by Gasteiger charge is -2.09. The molecule has 0 aliphatic rings. The number of rotatable bonds is 7. The third-order valence-electron chi connectivity index (χ3n) is 3.36. The number of nitrogens with one attached hydrogen (secondary N) is 1. The summed E-state index contributed by atoms with van der Waals surface area (Å²) < 4.78 is 10.8. The lowest BCUT2D eigenvalue weighted by molar-refractivity contribution is 0.311. The van der Waals surface area contributed by atoms with Gasteiger partial charge in [-0.2, -0.15) is 0 Å². The monoisotopic (exact) mass is 347 g/mol. The second-order valence-electron chi connectivity index (χ2n) is 5.21. The van der Waals surface area contributed by atoms with E-state index in [0.717, 1.165) is 23.4 Å². The molecule has 0 radical (unpaired) electrons. The molecule has 2 rings (SSSR count). The standard InChI is InChI=1S/C18H22ClN3O2/c1-13-6-3-4-7-16(13)24-11-5-10-21-18(20)22-14-8-9-17(23-2)15(19)12-14/h3-4,6-9,12H,5,10-11H2,1-2H3,(H3,20,21,22). The summed E-state index contributed by atoms with van der Waals surface area (Å²) in [4.78, 5) is 4.27. The third-order valence-corrected chi connectivity index (χ3v) is 3.66. The van der Waals surface area contributed by atoms with Crippen LogP contribution < -0.4 is 20.5 Å². The van der Waals surface area contributed by atoms with Crippen molar-refractivity contribution < 1.29 is 9.47 Å². The largest absolute Gasteiger partial charge is 0.495 e. The van der Waals surface area contributed by atoms with Gasteiger partial charge in [0.25, 0.3) is 0 Å². The van der Waals surface area contributed by atoms with E-state index in [2.05, 4.69) is 10.3 Å². The van der Waals surface area contributed by atoms with Crippen molar-refractivity contribution in [3.8, 4) is 11.5 Å². The molecule has 2 aromatic rings. The molecule has 0 spiro atoms. The number of anilines is 1. The highest BCUT2D eigenvalue weighted by atomic mass is 35.5. The van der Waals surface area contributed by atoms with Gasteiger partial charge in [-0.25, -0.2) is 0 Å². The van der Waals surface area contributed by atoms with Gasteiger partial charge in [0.15, 0.2) is 5.96 Å². The number of hydrogen-bond donors (Lipinski definition) is 2. The second kappa shape index (κ2) is 9.03. The predicted octanol–water partition coefficient (Wildman–Crippen LogP) is 3.85. The Morgan fingerprint density at radius 1 is 1.21 bits per heavy atom. The Morgan fingerprint density at radius 3 is 2.71 bits per heavy atom. The van der Waals surface area contributed by atoms with Gasteiger partial charge >= 0.3 is 0 Å². The van der Waals surface area contributed by atoms with Crippen LogP contribution in [0, 0.1) is 6.92 Å². The summed E-state index contributed by atoms with van der Waals surface area (Å²) in [6.45, 7) is 3.19. The molecular weight excluding hydrogens is 326 g/mol. The first kappa shape index (κ1) is 17.9. The number of benzene rings is 2. The van der Waals surface area contributed by atoms with E-state index < -0.39 is 0 Å². The predicted molar refractivity (Wildman–Crippen MR) is 99.4 cm³/mol. The van der Waals surface area contributed by atoms with Crippen molar-refractivity contribution in [1.82, 2.24) is 0 Å². The zero-order valence-electron chi connectivity index (χ0n) is 13.9. The maximum Gasteiger partial charge on any atom is 0.193 e. The molecule has 0 heterocycles. The summed E-state index contributed by atoms with van der Waals surface area (Å²) in [5, 5.41) is 3.51. The van der Waals surface area contributed by atoms with E-state index in [1.54, 1.807) is 19.2 Å². The van der Waals surface area contributed by atoms with Crippen LogP contribution >= 0.6 is 11.6 Å². The molecule has 5 nitrogen and oxygen atoms in total. The molecule has 24 heavy (non-hydrogen) atoms. The number of nitrogens with two attached hydrogens (primary N) is 1. The van der Waals surface area contributed by atoms with Gasteiger partial charge in [0.2, 0.25) is 0 Å². The Balaban J connectivity index is 1.76. The van der Waals surface area contributed by atoms with E-state index in [1.807, 2.05) is 37.3 Å². The van der Waals surface area contributed by atoms with Crippen LogP contribution in [0.4, 0.5) is 5.69 Å². The molecule has 2 aromatic carbocycles. The van der Waals surface area contributed by atoms with E-state index in [-0.39, 0.29) is 0 Å². The molecule has 0 fully saturated rings. The van der Waals surface area contributed by atoms with Crippen molar-refractivity contribution in [2.45, 2.75) is 13.3 Å². The molecule has 6 heteroatoms. The van der Waals surface area contributed by atoms with Gasteiger partial charge in [0.05, 0.1) is 18.7 Å². The minimum absolute atomic E-state index is 0.340. The highest BCUT2D eigenvalue weighted by Gasteiger charge is 2.02. The summed E-state index contributed by atoms with van der Waals surface area (Å²) in [6, 6.07) is 13.3. The molecule has 0 aromatic heterocycles. The Hall–Kier alpha value is -2.40. The van der Waals surface area contributed by atoms with Crippen molar-refractivity contribution in [1.29, 1.82) is 0 Å². The summed E-state index contributed by atoms with van der Waals surface area (Å²) in [5.74, 6) is 1.86. The molecule has 0 saturated heterocycles. The average Bonchev–Trinajstić information content (AvgIpc) is 2.56. The Morgan fingerprint density at radius 2 is 2.00 bits per heavy atom. The summed E-state index contributed by atoms with van der Waals surface area (Å²) in [7, 11) is 1.57. The van der Waals surface area contributed by atoms with Crippen LogP contribution in [0.3, 0.4) is 0 Å². The Labute approximate surface area is 147 Å². The fraction of sp³-hybridized carbons (Fsp3) is 0.278. The molecule has 0 aliphatic carbocycles. The number of para-hydroxylation sites is 1. The van der Waals surface area contributed by atoms with E-state index in [1.165, 1.54) is 0 Å². The molecule has 0 atom stereocenters. The third kappa shape index (κ3) is 5.35. The van der Waals surface area contributed by atoms with Gasteiger partial charge in [0.1, 0.15) is 11.5 Å². The number of hydrogen-bond acceptors (Lipinski definition) is 3. The Kier molecular flexibility index (Phi) is 6.75. The van der Waals surface area contributed by atoms with Gasteiger partial charge in [-0.05, 0) is 36.8 Å². The second-order valence-corrected chi connectivity index (χ2v) is 5.62. The van der Waals surface area contributed by atoms with Crippen LogP contribution in [0.25, 0.3) is 0 Å². The minimum Gasteiger partial charge on any atom is -0.495 e. The number of halogens is 1. The van der Waals surface area contributed by atoms with Crippen LogP contribution in [-0.4, -0.2) is 26.2 Å². The molecule has 0 saturated carbocycles. The number of methoxy groups -OCH3 is 1. The number of nitrogens with zero attached hydrogens (tertiary/aromatic N) is 1. The van der Waals surface area contributed by atoms with Crippen LogP contribution in [-0.2, 0) is 0 Å². The first-order valence-electron chi connectivity index (χ1n) is 7.69. The quantitative estimate of drug-likeness (QED) is 0.453. The van der Waals surface area contributed by atoms with E-state index in [0.29, 0.717) is 29.9 Å². The van der Waals surface area contributed by atoms with Gasteiger partial charge in [-0.1, -0.05) is 29.8 Å². The number of aryl methyl sites for hydroxylation is 1. The lowest BCUT2D eigenvalue weighted by atomic mass is 10.2. The molecule has 0 aliphatic heterocycles. The van der Waals surface area contributed by atoms with Gasteiger partial charge in [-0.15, -0.1) is 0 Å². The van der Waals surface area contributed by atoms with Crippen molar-refractivity contribution >= 4 is 23.2 Å². The molecule has 128 valence electrons. The van der Waals surface area contributed by atoms with Gasteiger partial charge in [-0.3, -0.25) is 4.99 Å². The lowest BCUT2D eigenvalue weighted by Crippen LogP contribution is -2.23. The molecule has 0 bridgehead atoms. The molecule has 3 N–H and O–H groups in total. The fourth-order valence-corrected chi connectivity index (χ4v) is 2.35. The summed E-state index contributed by atoms with van der Waals surface area (Å²) >= 11 is 6.07. The highest BCUT2D eigenvalue weighted by molar-refractivity contribution is 6.32. The van der Waals surface area contributed by atoms with Gasteiger partial charge < -0.3 is 20.5 Å². The molecule has 0 unspecified atom stereocenters. The number of aliphatic imine (C=N–C) groups is 1. The fourth-order valence-electron chi connectivity index (χ4n) is 2.10. The van der Waals surface area contributed by atoms with Gasteiger partial charge in [0, 0.05) is 18.7 Å². The zero-order valence-corrected chi connectivity index (χ0v) is 14.6. The minimum atomic E-state index is 0.340. The van der Waals surface area contributed by atoms with E-state index >= 15 is 0 Å². The van der Waals surface area contributed by atoms with E-state index in [4.69, 9.17) is 26.8 Å². The topological polar surface area (TPSA) is 68.9 Å². The van der Waals surface area contributed by atoms with Crippen molar-refractivity contribution in [3.05, 3.63) is 53.1 Å². The molecule has 0 amide bonds. The smallest absolute Gasteiger partial charge is 0.193 e. The van der Waals surface area contributed by atoms with Crippen molar-refractivity contribution in [2.75, 3.05) is 25.6 Å². The first-order chi connectivity index (χ1) is 11.6. The first-order valence-corrected chi connectivity index (χ1v) is 8.07. The molecular formula is C18H22ClN3O2. The maximum absolute atomic E-state index is 6.07. The normalized spacial score (nSPS) is 11.2. The van der Waals surface area contributed by atoms with Crippen LogP contribution in [0.15, 0.2) is 47.5 Å². The van der Waals surface area contributed by atoms with Crippen molar-refractivity contribution in [3.63, 3.8) is 0 Å². The number of guanidine groups is 1. The summed E-state index contributed by atoms with van der Waals surface area (Å²) in [5.41, 5.74) is 7.75.